The highest BCUT2D eigenvalue weighted by Crippen LogP contribution is 2.47. The Morgan fingerprint density at radius 3 is 1.47 bits per heavy atom. The molecule has 0 fully saturated rings. The third kappa shape index (κ3) is 4.67. The van der Waals surface area contributed by atoms with Crippen LogP contribution in [-0.2, 0) is 19.1 Å². The minimum absolute atomic E-state index is 0.169. The van der Waals surface area contributed by atoms with Gasteiger partial charge in [-0.05, 0) is 35.8 Å². The number of ketones is 1. The smallest absolute Gasteiger partial charge is 0.330 e. The molecule has 0 aliphatic heterocycles. The quantitative estimate of drug-likeness (QED) is 0.302. The average molecular weight is 446 g/mol. The van der Waals surface area contributed by atoms with E-state index in [1.54, 1.807) is 13.0 Å². The standard InChI is InChI=1S/C27H27O4P/c1-21(30-2)27(29)25(19-20-26(28)31-3)32(22-13-7-4-8-14-22,23-15-9-5-10-16-23)24-17-11-6-12-18-24/h4-21H,1-3H3/t21-/m1/s1. The number of ether oxygens (including phenoxy) is 2. The number of carbonyl (C=O) groups is 2. The molecule has 0 unspecified atom stereocenters. The van der Waals surface area contributed by atoms with Gasteiger partial charge in [0, 0.05) is 18.5 Å². The van der Waals surface area contributed by atoms with Crippen molar-refractivity contribution in [3.8, 4) is 0 Å². The van der Waals surface area contributed by atoms with E-state index in [0.29, 0.717) is 5.29 Å². The van der Waals surface area contributed by atoms with Crippen molar-refractivity contribution >= 4 is 39.8 Å². The van der Waals surface area contributed by atoms with Crippen molar-refractivity contribution in [3.05, 3.63) is 103 Å². The van der Waals surface area contributed by atoms with Gasteiger partial charge in [-0.25, -0.2) is 4.79 Å². The predicted octanol–water partition coefficient (Wildman–Crippen LogP) is 3.49. The topological polar surface area (TPSA) is 52.6 Å². The van der Waals surface area contributed by atoms with Crippen LogP contribution in [0.3, 0.4) is 0 Å². The fourth-order valence-electron chi connectivity index (χ4n) is 3.71. The van der Waals surface area contributed by atoms with E-state index in [9.17, 15) is 9.59 Å². The molecule has 0 saturated carbocycles. The zero-order valence-electron chi connectivity index (χ0n) is 18.5. The van der Waals surface area contributed by atoms with Gasteiger partial charge >= 0.3 is 5.97 Å². The third-order valence-electron chi connectivity index (χ3n) is 5.35. The maximum atomic E-state index is 13.8. The Morgan fingerprint density at radius 2 is 1.12 bits per heavy atom. The van der Waals surface area contributed by atoms with E-state index in [2.05, 4.69) is 0 Å². The number of benzene rings is 3. The van der Waals surface area contributed by atoms with Gasteiger partial charge in [-0.2, -0.15) is 0 Å². The molecule has 0 heterocycles. The second-order valence-electron chi connectivity index (χ2n) is 7.16. The number of hydrogen-bond donors (Lipinski definition) is 0. The molecule has 0 radical (unpaired) electrons. The van der Waals surface area contributed by atoms with Gasteiger partial charge in [0.25, 0.3) is 0 Å². The van der Waals surface area contributed by atoms with Crippen molar-refractivity contribution in [2.45, 2.75) is 13.0 Å². The Balaban J connectivity index is 2.60. The Kier molecular flexibility index (Phi) is 7.99. The Bertz CT molecular complexity index is 1030. The summed E-state index contributed by atoms with van der Waals surface area (Å²) in [6.07, 6.45) is 2.26. The Labute approximate surface area is 189 Å². The van der Waals surface area contributed by atoms with Crippen LogP contribution in [0.1, 0.15) is 6.92 Å². The summed E-state index contributed by atoms with van der Waals surface area (Å²) in [5.74, 6) is -0.690. The maximum absolute atomic E-state index is 13.8. The first kappa shape index (κ1) is 23.5. The van der Waals surface area contributed by atoms with Crippen LogP contribution >= 0.6 is 6.89 Å². The van der Waals surface area contributed by atoms with Crippen LogP contribution in [-0.4, -0.2) is 37.4 Å². The van der Waals surface area contributed by atoms with Crippen molar-refractivity contribution in [2.24, 2.45) is 0 Å². The summed E-state index contributed by atoms with van der Waals surface area (Å²) in [5.41, 5.74) is 0. The fraction of sp³-hybridized carbons (Fsp3) is 0.148. The summed E-state index contributed by atoms with van der Waals surface area (Å²) in [4.78, 5) is 25.9. The first-order chi connectivity index (χ1) is 15.6. The van der Waals surface area contributed by atoms with Gasteiger partial charge < -0.3 is 9.47 Å². The molecule has 32 heavy (non-hydrogen) atoms. The molecule has 0 spiro atoms. The lowest BCUT2D eigenvalue weighted by Gasteiger charge is -2.32. The molecule has 5 heteroatoms. The average Bonchev–Trinajstić information content (AvgIpc) is 2.87. The molecule has 0 aliphatic rings. The van der Waals surface area contributed by atoms with E-state index < -0.39 is 19.0 Å². The van der Waals surface area contributed by atoms with Crippen LogP contribution in [0.4, 0.5) is 0 Å². The predicted molar refractivity (Wildman–Crippen MR) is 133 cm³/mol. The molecule has 3 aromatic carbocycles. The lowest BCUT2D eigenvalue weighted by atomic mass is 10.2. The monoisotopic (exact) mass is 446 g/mol. The van der Waals surface area contributed by atoms with Crippen molar-refractivity contribution in [1.29, 1.82) is 0 Å². The third-order valence-corrected chi connectivity index (χ3v) is 9.66. The van der Waals surface area contributed by atoms with Gasteiger partial charge in [-0.15, -0.1) is 0 Å². The maximum Gasteiger partial charge on any atom is 0.330 e. The lowest BCUT2D eigenvalue weighted by Crippen LogP contribution is -2.36. The minimum atomic E-state index is -2.66. The largest absolute Gasteiger partial charge is 0.466 e. The van der Waals surface area contributed by atoms with E-state index in [4.69, 9.17) is 9.47 Å². The molecule has 0 amide bonds. The molecule has 1 atom stereocenters. The fourth-order valence-corrected chi connectivity index (χ4v) is 8.11. The van der Waals surface area contributed by atoms with Gasteiger partial charge in [0.05, 0.1) is 7.11 Å². The molecule has 0 aromatic heterocycles. The van der Waals surface area contributed by atoms with Crippen molar-refractivity contribution in [2.75, 3.05) is 14.2 Å². The summed E-state index contributed by atoms with van der Waals surface area (Å²) in [7, 11) is 2.83. The summed E-state index contributed by atoms with van der Waals surface area (Å²) in [5, 5.41) is 3.57. The second-order valence-corrected chi connectivity index (χ2v) is 10.5. The molecular weight excluding hydrogens is 419 g/mol. The SMILES string of the molecule is COC(=O)C=CC(C(=O)[C@@H](C)OC)=P(c1ccccc1)(c1ccccc1)c1ccccc1. The van der Waals surface area contributed by atoms with Crippen molar-refractivity contribution < 1.29 is 19.1 Å². The molecular formula is C27H27O4P. The number of esters is 1. The molecule has 0 bridgehead atoms. The normalized spacial score (nSPS) is 12.3. The van der Waals surface area contributed by atoms with Crippen LogP contribution in [0, 0.1) is 0 Å². The van der Waals surface area contributed by atoms with Crippen LogP contribution in [0.2, 0.25) is 0 Å². The van der Waals surface area contributed by atoms with E-state index >= 15 is 0 Å². The van der Waals surface area contributed by atoms with Crippen LogP contribution in [0.25, 0.3) is 0 Å². The van der Waals surface area contributed by atoms with Gasteiger partial charge in [0.15, 0.2) is 5.78 Å². The number of Topliss-reactive ketones (excluding diaryl/α,β-unsaturated/α-hetero) is 1. The minimum Gasteiger partial charge on any atom is -0.466 e. The highest BCUT2D eigenvalue weighted by Gasteiger charge is 2.33. The van der Waals surface area contributed by atoms with E-state index in [0.717, 1.165) is 15.9 Å². The molecule has 0 saturated heterocycles. The van der Waals surface area contributed by atoms with Gasteiger partial charge in [-0.3, -0.25) is 4.79 Å². The highest BCUT2D eigenvalue weighted by atomic mass is 31.2. The number of hydrogen-bond acceptors (Lipinski definition) is 4. The number of rotatable bonds is 8. The summed E-state index contributed by atoms with van der Waals surface area (Å²) in [6.45, 7) is -0.935. The van der Waals surface area contributed by atoms with Crippen molar-refractivity contribution in [1.82, 2.24) is 0 Å². The van der Waals surface area contributed by atoms with Crippen LogP contribution in [0.5, 0.6) is 0 Å². The van der Waals surface area contributed by atoms with Gasteiger partial charge in [-0.1, -0.05) is 91.0 Å². The summed E-state index contributed by atoms with van der Waals surface area (Å²) < 4.78 is 10.3. The zero-order chi connectivity index (χ0) is 23.0. The second kappa shape index (κ2) is 10.9. The number of carbonyl (C=O) groups excluding carboxylic acids is 2. The number of methoxy groups -OCH3 is 2. The summed E-state index contributed by atoms with van der Waals surface area (Å²) >= 11 is 0. The van der Waals surface area contributed by atoms with E-state index in [1.807, 2.05) is 91.0 Å². The Morgan fingerprint density at radius 1 is 0.719 bits per heavy atom. The molecule has 0 N–H and O–H groups in total. The Hall–Kier alpha value is -3.20. The van der Waals surface area contributed by atoms with Crippen LogP contribution in [0.15, 0.2) is 103 Å². The van der Waals surface area contributed by atoms with Crippen molar-refractivity contribution in [3.63, 3.8) is 0 Å². The van der Waals surface area contributed by atoms with Gasteiger partial charge in [0.2, 0.25) is 0 Å². The molecule has 3 rings (SSSR count). The van der Waals surface area contributed by atoms with Gasteiger partial charge in [0.1, 0.15) is 6.10 Å². The first-order valence-corrected chi connectivity index (χ1v) is 12.1. The zero-order valence-corrected chi connectivity index (χ0v) is 19.4. The van der Waals surface area contributed by atoms with Crippen LogP contribution < -0.4 is 15.9 Å². The molecule has 3 aromatic rings. The molecule has 0 aliphatic carbocycles. The number of allylic oxidation sites excluding steroid dienone is 1. The summed E-state index contributed by atoms with van der Waals surface area (Å²) in [6, 6.07) is 30.0. The van der Waals surface area contributed by atoms with E-state index in [-0.39, 0.29) is 5.78 Å². The first-order valence-electron chi connectivity index (χ1n) is 10.3. The highest BCUT2D eigenvalue weighted by molar-refractivity contribution is 7.96. The van der Waals surface area contributed by atoms with E-state index in [1.165, 1.54) is 20.3 Å². The lowest BCUT2D eigenvalue weighted by molar-refractivity contribution is -0.134. The molecule has 4 nitrogen and oxygen atoms in total. The molecule has 164 valence electrons.